The molecule has 0 aliphatic rings. The number of rotatable bonds is 2. The first kappa shape index (κ1) is 10.6. The Morgan fingerprint density at radius 3 is 2.00 bits per heavy atom. The van der Waals surface area contributed by atoms with Gasteiger partial charge < -0.3 is 9.69 Å². The van der Waals surface area contributed by atoms with Gasteiger partial charge in [0.15, 0.2) is 0 Å². The zero-order valence-electron chi connectivity index (χ0n) is 4.14. The van der Waals surface area contributed by atoms with Crippen LogP contribution in [-0.4, -0.2) is 61.4 Å². The molecule has 0 radical (unpaired) electrons. The third-order valence-electron chi connectivity index (χ3n) is 0.440. The van der Waals surface area contributed by atoms with Crippen molar-refractivity contribution in [2.45, 2.75) is 0 Å². The molecular formula is C4H10NNaO. The molecule has 0 heterocycles. The molecule has 38 valence electrons. The molecular weight excluding hydrogens is 101 g/mol. The number of hydrogen-bond acceptors (Lipinski definition) is 2. The Labute approximate surface area is 66.2 Å². The van der Waals surface area contributed by atoms with E-state index in [1.165, 1.54) is 0 Å². The summed E-state index contributed by atoms with van der Waals surface area (Å²) in [5.74, 6) is 0. The fourth-order valence-electron chi connectivity index (χ4n) is 0.149. The number of aldehydes is 1. The van der Waals surface area contributed by atoms with E-state index in [0.29, 0.717) is 6.54 Å². The number of nitrogens with zero attached hydrogens (tertiary/aromatic N) is 1. The van der Waals surface area contributed by atoms with E-state index >= 15 is 0 Å². The van der Waals surface area contributed by atoms with Crippen molar-refractivity contribution in [3.8, 4) is 0 Å². The van der Waals surface area contributed by atoms with Crippen LogP contribution in [0.15, 0.2) is 0 Å². The zero-order chi connectivity index (χ0) is 4.99. The molecule has 0 aromatic heterocycles. The summed E-state index contributed by atoms with van der Waals surface area (Å²) < 4.78 is 0. The van der Waals surface area contributed by atoms with Gasteiger partial charge >= 0.3 is 29.6 Å². The van der Waals surface area contributed by atoms with Crippen LogP contribution in [0.4, 0.5) is 0 Å². The minimum atomic E-state index is 0. The molecule has 0 aromatic carbocycles. The Morgan fingerprint density at radius 2 is 2.00 bits per heavy atom. The summed E-state index contributed by atoms with van der Waals surface area (Å²) in [6.45, 7) is 0.528. The van der Waals surface area contributed by atoms with Crippen molar-refractivity contribution in [2.24, 2.45) is 0 Å². The van der Waals surface area contributed by atoms with Crippen molar-refractivity contribution in [3.63, 3.8) is 0 Å². The predicted molar refractivity (Wildman–Crippen MR) is 31.8 cm³/mol. The number of likely N-dealkylation sites (N-methyl/N-ethyl adjacent to an activating group) is 1. The quantitative estimate of drug-likeness (QED) is 0.340. The third kappa shape index (κ3) is 10.8. The Hall–Kier alpha value is 0.630. The fourth-order valence-corrected chi connectivity index (χ4v) is 0.149. The van der Waals surface area contributed by atoms with Crippen molar-refractivity contribution in [1.29, 1.82) is 0 Å². The van der Waals surface area contributed by atoms with Crippen molar-refractivity contribution in [2.75, 3.05) is 20.6 Å². The van der Waals surface area contributed by atoms with Crippen LogP contribution in [0.25, 0.3) is 0 Å². The molecule has 0 fully saturated rings. The van der Waals surface area contributed by atoms with Gasteiger partial charge in [-0.25, -0.2) is 0 Å². The molecule has 0 saturated heterocycles. The van der Waals surface area contributed by atoms with E-state index in [4.69, 9.17) is 0 Å². The summed E-state index contributed by atoms with van der Waals surface area (Å²) in [6.07, 6.45) is 0.875. The average Bonchev–Trinajstić information content (AvgIpc) is 1.35. The molecule has 3 heteroatoms. The first-order chi connectivity index (χ1) is 2.77. The van der Waals surface area contributed by atoms with Gasteiger partial charge in [-0.1, -0.05) is 0 Å². The molecule has 0 N–H and O–H groups in total. The van der Waals surface area contributed by atoms with Gasteiger partial charge in [0, 0.05) is 0 Å². The van der Waals surface area contributed by atoms with Crippen LogP contribution < -0.4 is 0 Å². The second kappa shape index (κ2) is 6.63. The average molecular weight is 111 g/mol. The Bertz CT molecular complexity index is 47.0. The van der Waals surface area contributed by atoms with E-state index in [9.17, 15) is 4.79 Å². The van der Waals surface area contributed by atoms with Crippen molar-refractivity contribution in [3.05, 3.63) is 0 Å². The first-order valence-corrected chi connectivity index (χ1v) is 1.85. The van der Waals surface area contributed by atoms with Crippen LogP contribution in [0, 0.1) is 0 Å². The van der Waals surface area contributed by atoms with E-state index < -0.39 is 0 Å². The number of carbonyl (C=O) groups is 1. The molecule has 0 saturated carbocycles. The van der Waals surface area contributed by atoms with Gasteiger partial charge in [0.05, 0.1) is 6.54 Å². The molecule has 0 bridgehead atoms. The van der Waals surface area contributed by atoms with Gasteiger partial charge in [0.25, 0.3) is 0 Å². The van der Waals surface area contributed by atoms with E-state index in [1.54, 1.807) is 0 Å². The maximum absolute atomic E-state index is 9.57. The van der Waals surface area contributed by atoms with Crippen LogP contribution in [0.3, 0.4) is 0 Å². The van der Waals surface area contributed by atoms with Gasteiger partial charge in [-0.3, -0.25) is 0 Å². The summed E-state index contributed by atoms with van der Waals surface area (Å²) in [6, 6.07) is 0. The molecule has 0 rings (SSSR count). The predicted octanol–water partition coefficient (Wildman–Crippen LogP) is -0.902. The number of hydrogen-bond donors (Lipinski definition) is 0. The standard InChI is InChI=1S/C4H9NO.Na.H/c1-5(2)3-4-6;;/h4H,3H2,1-2H3;;. The SMILES string of the molecule is CN(C)CC=O.[NaH]. The van der Waals surface area contributed by atoms with Crippen LogP contribution in [0.5, 0.6) is 0 Å². The summed E-state index contributed by atoms with van der Waals surface area (Å²) >= 11 is 0. The van der Waals surface area contributed by atoms with Crippen molar-refractivity contribution >= 4 is 35.8 Å². The Morgan fingerprint density at radius 1 is 1.57 bits per heavy atom. The molecule has 2 nitrogen and oxygen atoms in total. The molecule has 0 spiro atoms. The van der Waals surface area contributed by atoms with Gasteiger partial charge in [-0.15, -0.1) is 0 Å². The molecule has 7 heavy (non-hydrogen) atoms. The topological polar surface area (TPSA) is 20.3 Å². The molecule has 0 aromatic rings. The summed E-state index contributed by atoms with van der Waals surface area (Å²) in [4.78, 5) is 11.4. The fraction of sp³-hybridized carbons (Fsp3) is 0.750. The third-order valence-corrected chi connectivity index (χ3v) is 0.440. The maximum atomic E-state index is 9.57. The van der Waals surface area contributed by atoms with E-state index in [-0.39, 0.29) is 29.6 Å². The second-order valence-electron chi connectivity index (χ2n) is 1.43. The van der Waals surface area contributed by atoms with Crippen molar-refractivity contribution < 1.29 is 4.79 Å². The zero-order valence-corrected chi connectivity index (χ0v) is 4.14. The first-order valence-electron chi connectivity index (χ1n) is 1.85. The monoisotopic (exact) mass is 111 g/mol. The van der Waals surface area contributed by atoms with Gasteiger partial charge in [-0.05, 0) is 14.1 Å². The van der Waals surface area contributed by atoms with Crippen LogP contribution in [-0.2, 0) is 4.79 Å². The Kier molecular flexibility index (Phi) is 10.0. The van der Waals surface area contributed by atoms with Gasteiger partial charge in [0.2, 0.25) is 0 Å². The molecule has 0 unspecified atom stereocenters. The van der Waals surface area contributed by atoms with Gasteiger partial charge in [-0.2, -0.15) is 0 Å². The number of carbonyl (C=O) groups excluding carboxylic acids is 1. The molecule has 0 aliphatic heterocycles. The van der Waals surface area contributed by atoms with E-state index in [2.05, 4.69) is 0 Å². The van der Waals surface area contributed by atoms with Gasteiger partial charge in [0.1, 0.15) is 6.29 Å². The van der Waals surface area contributed by atoms with Crippen molar-refractivity contribution in [1.82, 2.24) is 4.90 Å². The van der Waals surface area contributed by atoms with E-state index in [0.717, 1.165) is 6.29 Å². The molecule has 0 atom stereocenters. The van der Waals surface area contributed by atoms with Crippen LogP contribution >= 0.6 is 0 Å². The Balaban J connectivity index is 0. The molecule has 0 aliphatic carbocycles. The summed E-state index contributed by atoms with van der Waals surface area (Å²) in [5, 5.41) is 0. The summed E-state index contributed by atoms with van der Waals surface area (Å²) in [7, 11) is 3.71. The van der Waals surface area contributed by atoms with E-state index in [1.807, 2.05) is 19.0 Å². The molecule has 0 amide bonds. The normalized spacial score (nSPS) is 7.86. The summed E-state index contributed by atoms with van der Waals surface area (Å²) in [5.41, 5.74) is 0. The van der Waals surface area contributed by atoms with Crippen LogP contribution in [0.2, 0.25) is 0 Å². The minimum absolute atomic E-state index is 0. The second-order valence-corrected chi connectivity index (χ2v) is 1.43. The van der Waals surface area contributed by atoms with Crippen LogP contribution in [0.1, 0.15) is 0 Å².